The molecule has 0 aromatic heterocycles. The standard InChI is InChI=1S/C15H24O4/c1-9-11(16)18-13(14(4,5)6)15(7,8)19-12(17)10(2)3/h9,13H,1-2H2,3-8H3. The van der Waals surface area contributed by atoms with Gasteiger partial charge in [-0.2, -0.15) is 0 Å². The molecule has 0 aliphatic carbocycles. The van der Waals surface area contributed by atoms with Crippen LogP contribution in [0.2, 0.25) is 0 Å². The van der Waals surface area contributed by atoms with Gasteiger partial charge in [0.15, 0.2) is 0 Å². The Balaban J connectivity index is 5.23. The molecule has 19 heavy (non-hydrogen) atoms. The van der Waals surface area contributed by atoms with Gasteiger partial charge in [0.25, 0.3) is 0 Å². The van der Waals surface area contributed by atoms with Crippen molar-refractivity contribution in [2.45, 2.75) is 53.2 Å². The number of carbonyl (C=O) groups is 2. The lowest BCUT2D eigenvalue weighted by Gasteiger charge is -2.40. The summed E-state index contributed by atoms with van der Waals surface area (Å²) < 4.78 is 10.7. The van der Waals surface area contributed by atoms with E-state index in [1.54, 1.807) is 20.8 Å². The Bertz CT molecular complexity index is 385. The van der Waals surface area contributed by atoms with Crippen molar-refractivity contribution in [1.29, 1.82) is 0 Å². The summed E-state index contributed by atoms with van der Waals surface area (Å²) in [6, 6.07) is 0. The molecular formula is C15H24O4. The maximum Gasteiger partial charge on any atom is 0.333 e. The SMILES string of the molecule is C=CC(=O)OC(C(C)(C)C)C(C)(C)OC(=O)C(=C)C. The highest BCUT2D eigenvalue weighted by Gasteiger charge is 2.43. The third-order valence-corrected chi connectivity index (χ3v) is 2.52. The van der Waals surface area contributed by atoms with Crippen LogP contribution in [-0.4, -0.2) is 23.6 Å². The molecule has 4 heteroatoms. The molecule has 4 nitrogen and oxygen atoms in total. The molecule has 0 spiro atoms. The van der Waals surface area contributed by atoms with Crippen molar-refractivity contribution in [1.82, 2.24) is 0 Å². The molecule has 0 fully saturated rings. The first kappa shape index (κ1) is 17.4. The van der Waals surface area contributed by atoms with Gasteiger partial charge in [-0.3, -0.25) is 0 Å². The minimum absolute atomic E-state index is 0.302. The van der Waals surface area contributed by atoms with Crippen LogP contribution in [0.25, 0.3) is 0 Å². The van der Waals surface area contributed by atoms with Crippen LogP contribution in [0.3, 0.4) is 0 Å². The lowest BCUT2D eigenvalue weighted by Crippen LogP contribution is -2.50. The van der Waals surface area contributed by atoms with Gasteiger partial charge in [0.1, 0.15) is 11.7 Å². The van der Waals surface area contributed by atoms with Gasteiger partial charge in [-0.05, 0) is 20.8 Å². The summed E-state index contributed by atoms with van der Waals surface area (Å²) in [4.78, 5) is 23.1. The molecule has 1 unspecified atom stereocenters. The highest BCUT2D eigenvalue weighted by molar-refractivity contribution is 5.87. The largest absolute Gasteiger partial charge is 0.454 e. The minimum Gasteiger partial charge on any atom is -0.454 e. The number of esters is 2. The molecule has 0 saturated heterocycles. The van der Waals surface area contributed by atoms with Gasteiger partial charge in [-0.15, -0.1) is 0 Å². The molecule has 108 valence electrons. The second-order valence-corrected chi connectivity index (χ2v) is 6.16. The van der Waals surface area contributed by atoms with Gasteiger partial charge in [-0.1, -0.05) is 33.9 Å². The van der Waals surface area contributed by atoms with E-state index in [1.807, 2.05) is 20.8 Å². The smallest absolute Gasteiger partial charge is 0.333 e. The van der Waals surface area contributed by atoms with Gasteiger partial charge in [0.05, 0.1) is 0 Å². The number of hydrogen-bond acceptors (Lipinski definition) is 4. The molecule has 0 heterocycles. The summed E-state index contributed by atoms with van der Waals surface area (Å²) >= 11 is 0. The van der Waals surface area contributed by atoms with Crippen molar-refractivity contribution < 1.29 is 19.1 Å². The molecule has 0 aliphatic rings. The van der Waals surface area contributed by atoms with Crippen LogP contribution in [0.1, 0.15) is 41.5 Å². The Kier molecular flexibility index (Phi) is 5.54. The predicted molar refractivity (Wildman–Crippen MR) is 74.5 cm³/mol. The maximum atomic E-state index is 11.7. The first-order valence-corrected chi connectivity index (χ1v) is 6.13. The Morgan fingerprint density at radius 3 is 1.95 bits per heavy atom. The summed E-state index contributed by atoms with van der Waals surface area (Å²) in [6.45, 7) is 17.6. The second-order valence-electron chi connectivity index (χ2n) is 6.16. The van der Waals surface area contributed by atoms with E-state index in [0.29, 0.717) is 5.57 Å². The average Bonchev–Trinajstić information content (AvgIpc) is 2.22. The fraction of sp³-hybridized carbons (Fsp3) is 0.600. The lowest BCUT2D eigenvalue weighted by molar-refractivity contribution is -0.187. The normalized spacial score (nSPS) is 13.4. The summed E-state index contributed by atoms with van der Waals surface area (Å²) in [5.41, 5.74) is -1.06. The van der Waals surface area contributed by atoms with Crippen LogP contribution in [-0.2, 0) is 19.1 Å². The van der Waals surface area contributed by atoms with E-state index in [9.17, 15) is 9.59 Å². The van der Waals surface area contributed by atoms with Gasteiger partial charge < -0.3 is 9.47 Å². The third-order valence-electron chi connectivity index (χ3n) is 2.52. The quantitative estimate of drug-likeness (QED) is 0.568. The third kappa shape index (κ3) is 5.28. The van der Waals surface area contributed by atoms with E-state index in [0.717, 1.165) is 6.08 Å². The molecule has 0 bridgehead atoms. The topological polar surface area (TPSA) is 52.6 Å². The second kappa shape index (κ2) is 6.04. The lowest BCUT2D eigenvalue weighted by atomic mass is 9.80. The molecule has 0 rings (SSSR count). The van der Waals surface area contributed by atoms with E-state index in [1.165, 1.54) is 0 Å². The van der Waals surface area contributed by atoms with Crippen molar-refractivity contribution in [2.24, 2.45) is 5.41 Å². The molecule has 0 aliphatic heterocycles. The predicted octanol–water partition coefficient (Wildman–Crippen LogP) is 3.03. The summed E-state index contributed by atoms with van der Waals surface area (Å²) in [6.07, 6.45) is 0.490. The highest BCUT2D eigenvalue weighted by atomic mass is 16.6. The van der Waals surface area contributed by atoms with E-state index >= 15 is 0 Å². The molecular weight excluding hydrogens is 244 g/mol. The first-order chi connectivity index (χ1) is 8.41. The minimum atomic E-state index is -0.965. The van der Waals surface area contributed by atoms with Crippen molar-refractivity contribution >= 4 is 11.9 Å². The molecule has 0 radical (unpaired) electrons. The summed E-state index contributed by atoms with van der Waals surface area (Å²) in [5, 5.41) is 0. The van der Waals surface area contributed by atoms with Crippen molar-refractivity contribution in [3.8, 4) is 0 Å². The monoisotopic (exact) mass is 268 g/mol. The number of rotatable bonds is 5. The van der Waals surface area contributed by atoms with Gasteiger partial charge >= 0.3 is 11.9 Å². The van der Waals surface area contributed by atoms with Crippen LogP contribution in [0.15, 0.2) is 24.8 Å². The van der Waals surface area contributed by atoms with Crippen molar-refractivity contribution in [2.75, 3.05) is 0 Å². The maximum absolute atomic E-state index is 11.7. The molecule has 0 saturated carbocycles. The summed E-state index contributed by atoms with van der Waals surface area (Å²) in [7, 11) is 0. The van der Waals surface area contributed by atoms with Crippen molar-refractivity contribution in [3.05, 3.63) is 24.8 Å². The fourth-order valence-electron chi connectivity index (χ4n) is 1.91. The fourth-order valence-corrected chi connectivity index (χ4v) is 1.91. The van der Waals surface area contributed by atoms with Crippen molar-refractivity contribution in [3.63, 3.8) is 0 Å². The zero-order chi connectivity index (χ0) is 15.4. The van der Waals surface area contributed by atoms with Gasteiger partial charge in [0.2, 0.25) is 0 Å². The first-order valence-electron chi connectivity index (χ1n) is 6.13. The average molecular weight is 268 g/mol. The molecule has 1 atom stereocenters. The molecule has 0 amide bonds. The van der Waals surface area contributed by atoms with Crippen LogP contribution in [0.5, 0.6) is 0 Å². The molecule has 0 N–H and O–H groups in total. The van der Waals surface area contributed by atoms with E-state index in [-0.39, 0.29) is 0 Å². The Morgan fingerprint density at radius 1 is 1.16 bits per heavy atom. The van der Waals surface area contributed by atoms with E-state index < -0.39 is 29.1 Å². The van der Waals surface area contributed by atoms with E-state index in [4.69, 9.17) is 9.47 Å². The Hall–Kier alpha value is -1.58. The highest BCUT2D eigenvalue weighted by Crippen LogP contribution is 2.33. The molecule has 0 aromatic carbocycles. The zero-order valence-corrected chi connectivity index (χ0v) is 12.7. The zero-order valence-electron chi connectivity index (χ0n) is 12.7. The number of hydrogen-bond donors (Lipinski definition) is 0. The number of ether oxygens (including phenoxy) is 2. The van der Waals surface area contributed by atoms with Crippen LogP contribution < -0.4 is 0 Å². The Labute approximate surface area is 115 Å². The van der Waals surface area contributed by atoms with Gasteiger partial charge in [-0.25, -0.2) is 9.59 Å². The molecule has 0 aromatic rings. The van der Waals surface area contributed by atoms with Crippen LogP contribution >= 0.6 is 0 Å². The summed E-state index contributed by atoms with van der Waals surface area (Å²) in [5.74, 6) is -1.05. The van der Waals surface area contributed by atoms with E-state index in [2.05, 4.69) is 13.2 Å². The number of carbonyl (C=O) groups excluding carboxylic acids is 2. The van der Waals surface area contributed by atoms with Crippen LogP contribution in [0.4, 0.5) is 0 Å². The Morgan fingerprint density at radius 2 is 1.63 bits per heavy atom. The van der Waals surface area contributed by atoms with Gasteiger partial charge in [0, 0.05) is 17.1 Å². The van der Waals surface area contributed by atoms with Crippen LogP contribution in [0, 0.1) is 5.41 Å².